The number of nitrogens with two attached hydrogens (primary N) is 1. The molecule has 19 heavy (non-hydrogen) atoms. The van der Waals surface area contributed by atoms with E-state index in [2.05, 4.69) is 13.8 Å². The quantitative estimate of drug-likeness (QED) is 0.877. The zero-order valence-electron chi connectivity index (χ0n) is 11.2. The largest absolute Gasteiger partial charge is 0.493 e. The van der Waals surface area contributed by atoms with Gasteiger partial charge < -0.3 is 10.5 Å². The van der Waals surface area contributed by atoms with Crippen LogP contribution in [0, 0.1) is 5.92 Å². The number of ether oxygens (including phenoxy) is 1. The maximum Gasteiger partial charge on any atom is 0.243 e. The average Bonchev–Trinajstić information content (AvgIpc) is 2.33. The first kappa shape index (κ1) is 14.3. The van der Waals surface area contributed by atoms with Gasteiger partial charge in [0.1, 0.15) is 5.75 Å². The van der Waals surface area contributed by atoms with Crippen LogP contribution in [0.25, 0.3) is 0 Å². The molecule has 1 aromatic carbocycles. The number of nitrogens with zero attached hydrogens (tertiary/aromatic N) is 1. The Bertz CT molecular complexity index is 519. The van der Waals surface area contributed by atoms with Gasteiger partial charge >= 0.3 is 0 Å². The molecule has 1 fully saturated rings. The highest BCUT2D eigenvalue weighted by atomic mass is 32.2. The Morgan fingerprint density at radius 3 is 2.37 bits per heavy atom. The van der Waals surface area contributed by atoms with E-state index in [4.69, 9.17) is 10.5 Å². The standard InChI is InChI=1S/C13H20N2O3S/c1-10(2)9-18-12-3-5-13(6-4-12)19(16,17)15-7-11(14)8-15/h3-6,10-11H,7-9,14H2,1-2H3. The van der Waals surface area contributed by atoms with Crippen molar-refractivity contribution in [1.82, 2.24) is 4.31 Å². The molecule has 0 spiro atoms. The summed E-state index contributed by atoms with van der Waals surface area (Å²) < 4.78 is 31.2. The average molecular weight is 284 g/mol. The van der Waals surface area contributed by atoms with Crippen molar-refractivity contribution >= 4 is 10.0 Å². The molecule has 1 aliphatic heterocycles. The molecule has 106 valence electrons. The molecule has 0 aliphatic carbocycles. The Labute approximate surface area is 114 Å². The Kier molecular flexibility index (Phi) is 4.13. The van der Waals surface area contributed by atoms with Gasteiger partial charge in [-0.1, -0.05) is 13.8 Å². The summed E-state index contributed by atoms with van der Waals surface area (Å²) in [4.78, 5) is 0.288. The molecule has 0 radical (unpaired) electrons. The normalized spacial score (nSPS) is 17.5. The molecule has 1 aromatic rings. The summed E-state index contributed by atoms with van der Waals surface area (Å²) in [6.07, 6.45) is 0. The van der Waals surface area contributed by atoms with Crippen molar-refractivity contribution in [3.63, 3.8) is 0 Å². The maximum absolute atomic E-state index is 12.2. The van der Waals surface area contributed by atoms with E-state index in [0.717, 1.165) is 0 Å². The highest BCUT2D eigenvalue weighted by molar-refractivity contribution is 7.89. The predicted molar refractivity (Wildman–Crippen MR) is 73.5 cm³/mol. The fourth-order valence-corrected chi connectivity index (χ4v) is 3.34. The van der Waals surface area contributed by atoms with E-state index in [-0.39, 0.29) is 10.9 Å². The van der Waals surface area contributed by atoms with Crippen LogP contribution in [0.1, 0.15) is 13.8 Å². The summed E-state index contributed by atoms with van der Waals surface area (Å²) >= 11 is 0. The second-order valence-corrected chi connectivity index (χ2v) is 7.20. The molecule has 6 heteroatoms. The van der Waals surface area contributed by atoms with Gasteiger partial charge in [-0.2, -0.15) is 4.31 Å². The highest BCUT2D eigenvalue weighted by Gasteiger charge is 2.34. The number of benzene rings is 1. The third kappa shape index (κ3) is 3.26. The van der Waals surface area contributed by atoms with E-state index < -0.39 is 10.0 Å². The molecule has 1 saturated heterocycles. The summed E-state index contributed by atoms with van der Waals surface area (Å²) in [7, 11) is -3.39. The number of sulfonamides is 1. The predicted octanol–water partition coefficient (Wildman–Crippen LogP) is 1.05. The molecule has 1 aliphatic rings. The van der Waals surface area contributed by atoms with Gasteiger partial charge in [0.15, 0.2) is 0 Å². The number of hydrogen-bond donors (Lipinski definition) is 1. The van der Waals surface area contributed by atoms with E-state index in [1.54, 1.807) is 24.3 Å². The van der Waals surface area contributed by atoms with Crippen LogP contribution in [-0.4, -0.2) is 38.5 Å². The van der Waals surface area contributed by atoms with Crippen molar-refractivity contribution in [3.8, 4) is 5.75 Å². The molecule has 0 saturated carbocycles. The molecule has 0 unspecified atom stereocenters. The number of hydrogen-bond acceptors (Lipinski definition) is 4. The van der Waals surface area contributed by atoms with Crippen LogP contribution in [0.4, 0.5) is 0 Å². The topological polar surface area (TPSA) is 72.6 Å². The fourth-order valence-electron chi connectivity index (χ4n) is 1.79. The van der Waals surface area contributed by atoms with E-state index in [1.807, 2.05) is 0 Å². The van der Waals surface area contributed by atoms with Crippen molar-refractivity contribution in [2.45, 2.75) is 24.8 Å². The summed E-state index contributed by atoms with van der Waals surface area (Å²) in [6, 6.07) is 6.50. The van der Waals surface area contributed by atoms with Crippen LogP contribution in [0.5, 0.6) is 5.75 Å². The van der Waals surface area contributed by atoms with Gasteiger partial charge in [0.05, 0.1) is 11.5 Å². The second kappa shape index (κ2) is 5.48. The molecule has 2 N–H and O–H groups in total. The SMILES string of the molecule is CC(C)COc1ccc(S(=O)(=O)N2CC(N)C2)cc1. The molecule has 0 aromatic heterocycles. The van der Waals surface area contributed by atoms with Crippen LogP contribution in [0.3, 0.4) is 0 Å². The lowest BCUT2D eigenvalue weighted by atomic mass is 10.2. The van der Waals surface area contributed by atoms with Crippen LogP contribution in [0.2, 0.25) is 0 Å². The van der Waals surface area contributed by atoms with Gasteiger partial charge in [-0.25, -0.2) is 8.42 Å². The lowest BCUT2D eigenvalue weighted by Crippen LogP contribution is -2.57. The zero-order valence-corrected chi connectivity index (χ0v) is 12.1. The van der Waals surface area contributed by atoms with E-state index in [1.165, 1.54) is 4.31 Å². The van der Waals surface area contributed by atoms with E-state index in [9.17, 15) is 8.42 Å². The minimum atomic E-state index is -3.39. The Hall–Kier alpha value is -1.11. The second-order valence-electron chi connectivity index (χ2n) is 5.26. The van der Waals surface area contributed by atoms with Crippen molar-refractivity contribution in [2.75, 3.05) is 19.7 Å². The third-order valence-corrected chi connectivity index (χ3v) is 4.77. The van der Waals surface area contributed by atoms with Crippen LogP contribution in [-0.2, 0) is 10.0 Å². The molecule has 0 bridgehead atoms. The monoisotopic (exact) mass is 284 g/mol. The molecule has 2 rings (SSSR count). The minimum absolute atomic E-state index is 0.0385. The third-order valence-electron chi connectivity index (χ3n) is 2.92. The lowest BCUT2D eigenvalue weighted by molar-refractivity contribution is 0.265. The van der Waals surface area contributed by atoms with Crippen LogP contribution < -0.4 is 10.5 Å². The van der Waals surface area contributed by atoms with Crippen molar-refractivity contribution in [2.24, 2.45) is 11.7 Å². The smallest absolute Gasteiger partial charge is 0.243 e. The van der Waals surface area contributed by atoms with E-state index in [0.29, 0.717) is 31.4 Å². The van der Waals surface area contributed by atoms with E-state index >= 15 is 0 Å². The van der Waals surface area contributed by atoms with Crippen LogP contribution in [0.15, 0.2) is 29.2 Å². The molecule has 0 amide bonds. The van der Waals surface area contributed by atoms with Gasteiger partial charge in [-0.3, -0.25) is 0 Å². The zero-order chi connectivity index (χ0) is 14.0. The van der Waals surface area contributed by atoms with Crippen molar-refractivity contribution in [3.05, 3.63) is 24.3 Å². The van der Waals surface area contributed by atoms with Gasteiger partial charge in [0.2, 0.25) is 10.0 Å². The summed E-state index contributed by atoms with van der Waals surface area (Å²) in [5.41, 5.74) is 5.61. The molecule has 5 nitrogen and oxygen atoms in total. The van der Waals surface area contributed by atoms with Gasteiger partial charge in [-0.15, -0.1) is 0 Å². The van der Waals surface area contributed by atoms with Crippen molar-refractivity contribution in [1.29, 1.82) is 0 Å². The molecule has 0 atom stereocenters. The van der Waals surface area contributed by atoms with Gasteiger partial charge in [-0.05, 0) is 30.2 Å². The molecular formula is C13H20N2O3S. The maximum atomic E-state index is 12.2. The fraction of sp³-hybridized carbons (Fsp3) is 0.538. The summed E-state index contributed by atoms with van der Waals surface area (Å²) in [5.74, 6) is 1.12. The first-order valence-electron chi connectivity index (χ1n) is 6.38. The first-order chi connectivity index (χ1) is 8.89. The van der Waals surface area contributed by atoms with Crippen molar-refractivity contribution < 1.29 is 13.2 Å². The molecule has 1 heterocycles. The summed E-state index contributed by atoms with van der Waals surface area (Å²) in [6.45, 7) is 5.53. The minimum Gasteiger partial charge on any atom is -0.493 e. The Balaban J connectivity index is 2.05. The Morgan fingerprint density at radius 1 is 1.32 bits per heavy atom. The number of rotatable bonds is 5. The molecular weight excluding hydrogens is 264 g/mol. The highest BCUT2D eigenvalue weighted by Crippen LogP contribution is 2.23. The van der Waals surface area contributed by atoms with Gasteiger partial charge in [0, 0.05) is 19.1 Å². The first-order valence-corrected chi connectivity index (χ1v) is 7.82. The summed E-state index contributed by atoms with van der Waals surface area (Å²) in [5, 5.41) is 0. The van der Waals surface area contributed by atoms with Gasteiger partial charge in [0.25, 0.3) is 0 Å². The lowest BCUT2D eigenvalue weighted by Gasteiger charge is -2.35. The Morgan fingerprint density at radius 2 is 1.89 bits per heavy atom. The van der Waals surface area contributed by atoms with Crippen LogP contribution >= 0.6 is 0 Å².